The van der Waals surface area contributed by atoms with E-state index in [-0.39, 0.29) is 16.2 Å². The molecule has 1 aliphatic rings. The Hall–Kier alpha value is 0.0800. The van der Waals surface area contributed by atoms with Crippen LogP contribution in [0.15, 0.2) is 18.2 Å². The summed E-state index contributed by atoms with van der Waals surface area (Å²) in [5, 5.41) is 0.433. The van der Waals surface area contributed by atoms with Gasteiger partial charge >= 0.3 is 0 Å². The van der Waals surface area contributed by atoms with Gasteiger partial charge in [0.05, 0.1) is 5.02 Å². The molecule has 0 amide bonds. The predicted octanol–water partition coefficient (Wildman–Crippen LogP) is 3.99. The van der Waals surface area contributed by atoms with Crippen LogP contribution in [0, 0.1) is 11.7 Å². The third-order valence-electron chi connectivity index (χ3n) is 2.60. The maximum atomic E-state index is 12.9. The maximum absolute atomic E-state index is 12.9. The second-order valence-electron chi connectivity index (χ2n) is 3.77. The van der Waals surface area contributed by atoms with Crippen molar-refractivity contribution in [3.63, 3.8) is 0 Å². The topological polar surface area (TPSA) is 0 Å². The van der Waals surface area contributed by atoms with Crippen LogP contribution in [-0.2, 0) is 6.42 Å². The molecule has 1 aliphatic heterocycles. The summed E-state index contributed by atoms with van der Waals surface area (Å²) in [7, 11) is 0. The number of hydrogen-bond donors (Lipinski definition) is 0. The van der Waals surface area contributed by atoms with Gasteiger partial charge < -0.3 is 0 Å². The lowest BCUT2D eigenvalue weighted by Gasteiger charge is -2.12. The van der Waals surface area contributed by atoms with Gasteiger partial charge in [0.1, 0.15) is 5.82 Å². The Labute approximate surface area is 103 Å². The zero-order valence-corrected chi connectivity index (χ0v) is 10.4. The van der Waals surface area contributed by atoms with Gasteiger partial charge in [-0.1, -0.05) is 17.7 Å². The summed E-state index contributed by atoms with van der Waals surface area (Å²) in [6.45, 7) is 0. The summed E-state index contributed by atoms with van der Waals surface area (Å²) in [5.41, 5.74) is 1.07. The third-order valence-corrected chi connectivity index (χ3v) is 4.84. The number of halogens is 3. The van der Waals surface area contributed by atoms with Crippen molar-refractivity contribution in [2.75, 3.05) is 11.5 Å². The fourth-order valence-corrected chi connectivity index (χ4v) is 3.77. The summed E-state index contributed by atoms with van der Waals surface area (Å²) in [6, 6.07) is 4.90. The van der Waals surface area contributed by atoms with E-state index < -0.39 is 0 Å². The lowest BCUT2D eigenvalue weighted by Crippen LogP contribution is -2.14. The lowest BCUT2D eigenvalue weighted by atomic mass is 9.98. The van der Waals surface area contributed by atoms with Crippen molar-refractivity contribution in [3.8, 4) is 0 Å². The Kier molecular flexibility index (Phi) is 3.81. The molecule has 2 rings (SSSR count). The number of hydrogen-bond acceptors (Lipinski definition) is 1. The number of alkyl halides is 1. The van der Waals surface area contributed by atoms with E-state index in [0.717, 1.165) is 23.5 Å². The molecule has 15 heavy (non-hydrogen) atoms. The van der Waals surface area contributed by atoms with Crippen molar-refractivity contribution >= 4 is 35.0 Å². The molecule has 2 atom stereocenters. The standard InChI is InChI=1S/C11H11Cl2FS/c12-9-4-7(1-2-11(9)14)3-8-5-15-6-10(8)13/h1-2,4,8,10H,3,5-6H2. The molecule has 0 bridgehead atoms. The molecule has 0 N–H and O–H groups in total. The molecule has 0 aromatic heterocycles. The second-order valence-corrected chi connectivity index (χ2v) is 5.81. The largest absolute Gasteiger partial charge is 0.205 e. The van der Waals surface area contributed by atoms with Gasteiger partial charge in [0, 0.05) is 11.1 Å². The van der Waals surface area contributed by atoms with Crippen molar-refractivity contribution < 1.29 is 4.39 Å². The van der Waals surface area contributed by atoms with E-state index in [4.69, 9.17) is 23.2 Å². The minimum absolute atomic E-state index is 0.198. The van der Waals surface area contributed by atoms with Crippen LogP contribution in [-0.4, -0.2) is 16.9 Å². The van der Waals surface area contributed by atoms with Gasteiger partial charge in [-0.3, -0.25) is 0 Å². The monoisotopic (exact) mass is 264 g/mol. The minimum atomic E-state index is -0.358. The molecule has 0 radical (unpaired) electrons. The van der Waals surface area contributed by atoms with Crippen LogP contribution >= 0.6 is 35.0 Å². The summed E-state index contributed by atoms with van der Waals surface area (Å²) in [5.74, 6) is 2.23. The van der Waals surface area contributed by atoms with Gasteiger partial charge in [0.2, 0.25) is 0 Å². The van der Waals surface area contributed by atoms with Crippen LogP contribution in [0.3, 0.4) is 0 Å². The number of rotatable bonds is 2. The zero-order chi connectivity index (χ0) is 10.8. The van der Waals surface area contributed by atoms with Crippen LogP contribution in [0.5, 0.6) is 0 Å². The van der Waals surface area contributed by atoms with Crippen LogP contribution in [0.1, 0.15) is 5.56 Å². The zero-order valence-electron chi connectivity index (χ0n) is 8.05. The fourth-order valence-electron chi connectivity index (χ4n) is 1.73. The molecular formula is C11H11Cl2FS. The highest BCUT2D eigenvalue weighted by atomic mass is 35.5. The van der Waals surface area contributed by atoms with E-state index in [1.54, 1.807) is 12.1 Å². The van der Waals surface area contributed by atoms with Gasteiger partial charge in [0.15, 0.2) is 0 Å². The Morgan fingerprint density at radius 1 is 1.40 bits per heavy atom. The Bertz CT molecular complexity index is 356. The summed E-state index contributed by atoms with van der Waals surface area (Å²) in [6.07, 6.45) is 0.890. The van der Waals surface area contributed by atoms with E-state index in [2.05, 4.69) is 0 Å². The highest BCUT2D eigenvalue weighted by molar-refractivity contribution is 7.99. The normalized spacial score (nSPS) is 25.8. The Morgan fingerprint density at radius 2 is 2.20 bits per heavy atom. The van der Waals surface area contributed by atoms with Crippen LogP contribution < -0.4 is 0 Å². The highest BCUT2D eigenvalue weighted by Crippen LogP contribution is 2.31. The molecule has 2 unspecified atom stereocenters. The van der Waals surface area contributed by atoms with E-state index >= 15 is 0 Å². The van der Waals surface area contributed by atoms with Gasteiger partial charge in [-0.05, 0) is 35.8 Å². The van der Waals surface area contributed by atoms with E-state index in [1.165, 1.54) is 6.07 Å². The minimum Gasteiger partial charge on any atom is -0.205 e. The van der Waals surface area contributed by atoms with E-state index in [1.807, 2.05) is 11.8 Å². The van der Waals surface area contributed by atoms with Crippen molar-refractivity contribution in [2.24, 2.45) is 5.92 Å². The molecule has 1 aromatic carbocycles. The number of benzene rings is 1. The molecular weight excluding hydrogens is 254 g/mol. The SMILES string of the molecule is Fc1ccc(CC2CSCC2Cl)cc1Cl. The Balaban J connectivity index is 2.07. The van der Waals surface area contributed by atoms with Gasteiger partial charge in [-0.25, -0.2) is 4.39 Å². The molecule has 0 spiro atoms. The first-order chi connectivity index (χ1) is 7.16. The summed E-state index contributed by atoms with van der Waals surface area (Å²) >= 11 is 13.8. The average Bonchev–Trinajstić information content (AvgIpc) is 2.59. The molecule has 4 heteroatoms. The van der Waals surface area contributed by atoms with Crippen LogP contribution in [0.2, 0.25) is 5.02 Å². The van der Waals surface area contributed by atoms with Gasteiger partial charge in [-0.15, -0.1) is 11.6 Å². The molecule has 0 aliphatic carbocycles. The first-order valence-electron chi connectivity index (χ1n) is 4.82. The van der Waals surface area contributed by atoms with Crippen molar-refractivity contribution in [3.05, 3.63) is 34.6 Å². The fraction of sp³-hybridized carbons (Fsp3) is 0.455. The molecule has 82 valence electrons. The smallest absolute Gasteiger partial charge is 0.141 e. The Morgan fingerprint density at radius 3 is 2.80 bits per heavy atom. The van der Waals surface area contributed by atoms with E-state index in [0.29, 0.717) is 5.92 Å². The molecule has 1 heterocycles. The molecule has 0 nitrogen and oxygen atoms in total. The maximum Gasteiger partial charge on any atom is 0.141 e. The van der Waals surface area contributed by atoms with Crippen LogP contribution in [0.25, 0.3) is 0 Å². The highest BCUT2D eigenvalue weighted by Gasteiger charge is 2.25. The third kappa shape index (κ3) is 2.80. The first kappa shape index (κ1) is 11.6. The van der Waals surface area contributed by atoms with E-state index in [9.17, 15) is 4.39 Å². The second kappa shape index (κ2) is 4.94. The molecule has 0 saturated carbocycles. The summed E-state index contributed by atoms with van der Waals surface area (Å²) < 4.78 is 12.9. The molecule has 1 aromatic rings. The van der Waals surface area contributed by atoms with Gasteiger partial charge in [-0.2, -0.15) is 11.8 Å². The first-order valence-corrected chi connectivity index (χ1v) is 6.79. The molecule has 1 fully saturated rings. The van der Waals surface area contributed by atoms with Crippen molar-refractivity contribution in [2.45, 2.75) is 11.8 Å². The van der Waals surface area contributed by atoms with Crippen molar-refractivity contribution in [1.82, 2.24) is 0 Å². The quantitative estimate of drug-likeness (QED) is 0.728. The van der Waals surface area contributed by atoms with Gasteiger partial charge in [0.25, 0.3) is 0 Å². The molecule has 1 saturated heterocycles. The number of thioether (sulfide) groups is 1. The lowest BCUT2D eigenvalue weighted by molar-refractivity contribution is 0.598. The average molecular weight is 265 g/mol. The predicted molar refractivity (Wildman–Crippen MR) is 65.6 cm³/mol. The summed E-state index contributed by atoms with van der Waals surface area (Å²) in [4.78, 5) is 0. The van der Waals surface area contributed by atoms with Crippen LogP contribution in [0.4, 0.5) is 4.39 Å². The van der Waals surface area contributed by atoms with Crippen molar-refractivity contribution in [1.29, 1.82) is 0 Å².